The number of ether oxygens (including phenoxy) is 2. The summed E-state index contributed by atoms with van der Waals surface area (Å²) < 4.78 is 11.3. The Morgan fingerprint density at radius 2 is 1.83 bits per heavy atom. The molecule has 0 aromatic carbocycles. The summed E-state index contributed by atoms with van der Waals surface area (Å²) >= 11 is 0. The van der Waals surface area contributed by atoms with Crippen LogP contribution in [0.25, 0.3) is 0 Å². The first-order valence-electron chi connectivity index (χ1n) is 9.66. The van der Waals surface area contributed by atoms with Crippen LogP contribution in [0.1, 0.15) is 51.4 Å². The largest absolute Gasteiger partial charge is 0.390 e. The van der Waals surface area contributed by atoms with Gasteiger partial charge in [-0.3, -0.25) is 9.69 Å². The summed E-state index contributed by atoms with van der Waals surface area (Å²) in [7, 11) is 0. The van der Waals surface area contributed by atoms with E-state index in [2.05, 4.69) is 10.2 Å². The van der Waals surface area contributed by atoms with Gasteiger partial charge in [-0.05, 0) is 32.1 Å². The summed E-state index contributed by atoms with van der Waals surface area (Å²) in [4.78, 5) is 14.9. The first-order valence-corrected chi connectivity index (χ1v) is 9.66. The molecule has 2 aliphatic heterocycles. The number of nitrogens with one attached hydrogen (secondary N) is 1. The van der Waals surface area contributed by atoms with Gasteiger partial charge in [0.25, 0.3) is 5.91 Å². The molecule has 24 heavy (non-hydrogen) atoms. The maximum atomic E-state index is 12.5. The summed E-state index contributed by atoms with van der Waals surface area (Å²) in [6.07, 6.45) is 6.82. The molecule has 3 aliphatic rings. The van der Waals surface area contributed by atoms with Crippen molar-refractivity contribution in [1.29, 1.82) is 0 Å². The van der Waals surface area contributed by atoms with Crippen molar-refractivity contribution in [2.75, 3.05) is 32.8 Å². The van der Waals surface area contributed by atoms with E-state index in [9.17, 15) is 9.90 Å². The lowest BCUT2D eigenvalue weighted by molar-refractivity contribution is -0.159. The topological polar surface area (TPSA) is 71.0 Å². The maximum Gasteiger partial charge on any atom is 0.252 e. The number of carbonyl (C=O) groups is 1. The number of nitrogens with zero attached hydrogens (tertiary/aromatic N) is 1. The Hall–Kier alpha value is -0.690. The Labute approximate surface area is 144 Å². The third-order valence-corrected chi connectivity index (χ3v) is 5.55. The monoisotopic (exact) mass is 340 g/mol. The molecule has 0 aromatic rings. The van der Waals surface area contributed by atoms with Gasteiger partial charge in [-0.15, -0.1) is 0 Å². The summed E-state index contributed by atoms with van der Waals surface area (Å²) in [5, 5.41) is 13.3. The molecule has 0 bridgehead atoms. The van der Waals surface area contributed by atoms with Crippen LogP contribution >= 0.6 is 0 Å². The van der Waals surface area contributed by atoms with E-state index in [1.54, 1.807) is 0 Å². The first-order chi connectivity index (χ1) is 11.7. The molecule has 1 amide bonds. The molecule has 0 spiro atoms. The van der Waals surface area contributed by atoms with Gasteiger partial charge < -0.3 is 19.9 Å². The van der Waals surface area contributed by atoms with Crippen LogP contribution in [0.4, 0.5) is 0 Å². The van der Waals surface area contributed by atoms with Crippen molar-refractivity contribution in [3.8, 4) is 0 Å². The van der Waals surface area contributed by atoms with Crippen LogP contribution in [0.3, 0.4) is 0 Å². The zero-order valence-corrected chi connectivity index (χ0v) is 14.6. The Morgan fingerprint density at radius 3 is 2.58 bits per heavy atom. The van der Waals surface area contributed by atoms with Crippen molar-refractivity contribution in [1.82, 2.24) is 10.2 Å². The number of hydrogen-bond donors (Lipinski definition) is 2. The van der Waals surface area contributed by atoms with Gasteiger partial charge in [-0.2, -0.15) is 0 Å². The van der Waals surface area contributed by atoms with E-state index in [1.165, 1.54) is 19.3 Å². The molecule has 2 N–H and O–H groups in total. The van der Waals surface area contributed by atoms with Crippen molar-refractivity contribution in [3.05, 3.63) is 0 Å². The second-order valence-electron chi connectivity index (χ2n) is 7.41. The molecule has 3 atom stereocenters. The number of rotatable bonds is 5. The van der Waals surface area contributed by atoms with Gasteiger partial charge >= 0.3 is 0 Å². The van der Waals surface area contributed by atoms with Gasteiger partial charge in [-0.25, -0.2) is 0 Å². The predicted octanol–water partition coefficient (Wildman–Crippen LogP) is 1.07. The number of aliphatic hydroxyl groups is 1. The SMILES string of the molecule is O=C(NC1CCCCC1)[C@H]1O[C@H](CCN2CCOCC2)CC[C@@H]1O. The molecule has 1 aliphatic carbocycles. The second kappa shape index (κ2) is 9.13. The highest BCUT2D eigenvalue weighted by Crippen LogP contribution is 2.24. The van der Waals surface area contributed by atoms with E-state index in [1.807, 2.05) is 0 Å². The van der Waals surface area contributed by atoms with E-state index >= 15 is 0 Å². The van der Waals surface area contributed by atoms with E-state index in [0.717, 1.165) is 58.5 Å². The van der Waals surface area contributed by atoms with Gasteiger partial charge in [0.1, 0.15) is 0 Å². The molecule has 138 valence electrons. The summed E-state index contributed by atoms with van der Waals surface area (Å²) in [6, 6.07) is 0.260. The van der Waals surface area contributed by atoms with Crippen LogP contribution in [-0.2, 0) is 14.3 Å². The zero-order chi connectivity index (χ0) is 16.8. The highest BCUT2D eigenvalue weighted by molar-refractivity contribution is 5.81. The van der Waals surface area contributed by atoms with Crippen molar-refractivity contribution in [3.63, 3.8) is 0 Å². The number of aliphatic hydroxyl groups excluding tert-OH is 1. The average molecular weight is 340 g/mol. The molecular formula is C18H32N2O4. The van der Waals surface area contributed by atoms with Gasteiger partial charge in [-0.1, -0.05) is 19.3 Å². The third-order valence-electron chi connectivity index (χ3n) is 5.55. The molecule has 3 rings (SSSR count). The quantitative estimate of drug-likeness (QED) is 0.783. The van der Waals surface area contributed by atoms with Crippen LogP contribution in [0.5, 0.6) is 0 Å². The van der Waals surface area contributed by atoms with E-state index in [0.29, 0.717) is 6.42 Å². The Bertz CT molecular complexity index is 394. The van der Waals surface area contributed by atoms with Crippen molar-refractivity contribution < 1.29 is 19.4 Å². The Kier molecular flexibility index (Phi) is 6.89. The first kappa shape index (κ1) is 18.1. The molecular weight excluding hydrogens is 308 g/mol. The number of morpholine rings is 1. The van der Waals surface area contributed by atoms with Crippen LogP contribution in [0.2, 0.25) is 0 Å². The third kappa shape index (κ3) is 5.15. The van der Waals surface area contributed by atoms with Crippen molar-refractivity contribution in [2.24, 2.45) is 0 Å². The number of hydrogen-bond acceptors (Lipinski definition) is 5. The van der Waals surface area contributed by atoms with Gasteiger partial charge in [0.2, 0.25) is 0 Å². The second-order valence-corrected chi connectivity index (χ2v) is 7.41. The fraction of sp³-hybridized carbons (Fsp3) is 0.944. The van der Waals surface area contributed by atoms with Crippen molar-refractivity contribution in [2.45, 2.75) is 75.7 Å². The van der Waals surface area contributed by atoms with E-state index in [4.69, 9.17) is 9.47 Å². The van der Waals surface area contributed by atoms with Gasteiger partial charge in [0.15, 0.2) is 6.10 Å². The summed E-state index contributed by atoms with van der Waals surface area (Å²) in [6.45, 7) is 4.52. The van der Waals surface area contributed by atoms with Gasteiger partial charge in [0.05, 0.1) is 25.4 Å². The highest BCUT2D eigenvalue weighted by atomic mass is 16.5. The van der Waals surface area contributed by atoms with Crippen LogP contribution in [-0.4, -0.2) is 73.1 Å². The molecule has 6 heteroatoms. The zero-order valence-electron chi connectivity index (χ0n) is 14.6. The van der Waals surface area contributed by atoms with Crippen LogP contribution in [0, 0.1) is 0 Å². The van der Waals surface area contributed by atoms with Gasteiger partial charge in [0, 0.05) is 25.7 Å². The predicted molar refractivity (Wildman–Crippen MR) is 90.8 cm³/mol. The molecule has 6 nitrogen and oxygen atoms in total. The molecule has 0 aromatic heterocycles. The Balaban J connectivity index is 1.44. The molecule has 2 heterocycles. The minimum Gasteiger partial charge on any atom is -0.390 e. The molecule has 3 fully saturated rings. The molecule has 0 unspecified atom stereocenters. The molecule has 0 radical (unpaired) electrons. The summed E-state index contributed by atoms with van der Waals surface area (Å²) in [5.74, 6) is -0.120. The number of carbonyl (C=O) groups excluding carboxylic acids is 1. The lowest BCUT2D eigenvalue weighted by Crippen LogP contribution is -2.52. The molecule has 2 saturated heterocycles. The average Bonchev–Trinajstić information content (AvgIpc) is 2.62. The Morgan fingerprint density at radius 1 is 1.08 bits per heavy atom. The standard InChI is InChI=1S/C18H32N2O4/c21-16-7-6-15(8-9-20-10-12-23-13-11-20)24-17(16)18(22)19-14-4-2-1-3-5-14/h14-17,21H,1-13H2,(H,19,22)/t15-,16-,17-/m0/s1. The smallest absolute Gasteiger partial charge is 0.252 e. The van der Waals surface area contributed by atoms with Crippen molar-refractivity contribution >= 4 is 5.91 Å². The van der Waals surface area contributed by atoms with Crippen LogP contribution < -0.4 is 5.32 Å². The lowest BCUT2D eigenvalue weighted by atomic mass is 9.94. The fourth-order valence-corrected chi connectivity index (χ4v) is 4.00. The van der Waals surface area contributed by atoms with Crippen LogP contribution in [0.15, 0.2) is 0 Å². The molecule has 1 saturated carbocycles. The summed E-state index contributed by atoms with van der Waals surface area (Å²) in [5.41, 5.74) is 0. The minimum absolute atomic E-state index is 0.0679. The maximum absolute atomic E-state index is 12.5. The normalized spacial score (nSPS) is 33.3. The minimum atomic E-state index is -0.699. The van der Waals surface area contributed by atoms with E-state index < -0.39 is 12.2 Å². The number of amides is 1. The van der Waals surface area contributed by atoms with E-state index in [-0.39, 0.29) is 18.1 Å². The highest BCUT2D eigenvalue weighted by Gasteiger charge is 2.36. The lowest BCUT2D eigenvalue weighted by Gasteiger charge is -2.35. The fourth-order valence-electron chi connectivity index (χ4n) is 4.00.